The molecule has 2 aromatic rings. The fourth-order valence-corrected chi connectivity index (χ4v) is 2.16. The molecule has 4 nitrogen and oxygen atoms in total. The second-order valence-corrected chi connectivity index (χ2v) is 4.50. The van der Waals surface area contributed by atoms with E-state index in [1.54, 1.807) is 13.2 Å². The predicted molar refractivity (Wildman–Crippen MR) is 73.1 cm³/mol. The molecule has 0 unspecified atom stereocenters. The number of aromatic amines is 1. The first-order valence-corrected chi connectivity index (χ1v) is 6.13. The number of H-pyrrole nitrogens is 1. The Balaban J connectivity index is 2.57. The minimum absolute atomic E-state index is 0.580. The number of aryl methyl sites for hydroxylation is 1. The van der Waals surface area contributed by atoms with Crippen LogP contribution < -0.4 is 10.5 Å². The van der Waals surface area contributed by atoms with E-state index in [1.807, 2.05) is 19.1 Å². The van der Waals surface area contributed by atoms with Gasteiger partial charge in [-0.15, -0.1) is 0 Å². The molecule has 18 heavy (non-hydrogen) atoms. The lowest BCUT2D eigenvalue weighted by Crippen LogP contribution is -2.04. The molecule has 3 N–H and O–H groups in total. The molecule has 0 bridgehead atoms. The maximum absolute atomic E-state index is 6.04. The third-order valence-corrected chi connectivity index (χ3v) is 3.12. The van der Waals surface area contributed by atoms with Gasteiger partial charge in [0.05, 0.1) is 12.8 Å². The Morgan fingerprint density at radius 1 is 1.44 bits per heavy atom. The summed E-state index contributed by atoms with van der Waals surface area (Å²) in [6.07, 6.45) is 0.771. The van der Waals surface area contributed by atoms with Crippen LogP contribution in [0.15, 0.2) is 18.2 Å². The van der Waals surface area contributed by atoms with Crippen LogP contribution in [0, 0.1) is 6.92 Å². The SMILES string of the molecule is COc1ccc(Cl)cc1-c1n[nH]c(C)c1CCN. The second kappa shape index (κ2) is 5.42. The lowest BCUT2D eigenvalue weighted by molar-refractivity contribution is 0.416. The van der Waals surface area contributed by atoms with Crippen molar-refractivity contribution in [2.24, 2.45) is 5.73 Å². The van der Waals surface area contributed by atoms with Crippen molar-refractivity contribution >= 4 is 11.6 Å². The molecule has 0 aliphatic carbocycles. The first-order chi connectivity index (χ1) is 8.67. The average molecular weight is 266 g/mol. The van der Waals surface area contributed by atoms with E-state index < -0.39 is 0 Å². The Bertz CT molecular complexity index is 551. The van der Waals surface area contributed by atoms with Crippen LogP contribution in [0.2, 0.25) is 5.02 Å². The van der Waals surface area contributed by atoms with Gasteiger partial charge in [0.2, 0.25) is 0 Å². The Hall–Kier alpha value is -1.52. The summed E-state index contributed by atoms with van der Waals surface area (Å²) in [5.74, 6) is 0.754. The molecule has 0 radical (unpaired) electrons. The zero-order chi connectivity index (χ0) is 13.1. The number of nitrogens with zero attached hydrogens (tertiary/aromatic N) is 1. The first-order valence-electron chi connectivity index (χ1n) is 5.75. The van der Waals surface area contributed by atoms with Gasteiger partial charge in [-0.3, -0.25) is 5.10 Å². The van der Waals surface area contributed by atoms with Gasteiger partial charge in [0.1, 0.15) is 5.75 Å². The van der Waals surface area contributed by atoms with Gasteiger partial charge < -0.3 is 10.5 Å². The standard InChI is InChI=1S/C13H16ClN3O/c1-8-10(5-6-15)13(17-16-8)11-7-9(14)3-4-12(11)18-2/h3-4,7H,5-6,15H2,1-2H3,(H,16,17). The van der Waals surface area contributed by atoms with E-state index in [0.29, 0.717) is 11.6 Å². The van der Waals surface area contributed by atoms with Crippen LogP contribution in [-0.2, 0) is 6.42 Å². The number of benzene rings is 1. The lowest BCUT2D eigenvalue weighted by Gasteiger charge is -2.08. The molecule has 1 aromatic heterocycles. The van der Waals surface area contributed by atoms with E-state index in [1.165, 1.54) is 0 Å². The number of methoxy groups -OCH3 is 1. The molecule has 0 atom stereocenters. The predicted octanol–water partition coefficient (Wildman–Crippen LogP) is 2.55. The lowest BCUT2D eigenvalue weighted by atomic mass is 10.0. The molecule has 0 saturated carbocycles. The Kier molecular flexibility index (Phi) is 3.89. The van der Waals surface area contributed by atoms with E-state index in [-0.39, 0.29) is 0 Å². The van der Waals surface area contributed by atoms with Crippen LogP contribution in [0.1, 0.15) is 11.3 Å². The summed E-state index contributed by atoms with van der Waals surface area (Å²) in [7, 11) is 1.63. The Morgan fingerprint density at radius 3 is 2.89 bits per heavy atom. The van der Waals surface area contributed by atoms with Crippen LogP contribution in [-0.4, -0.2) is 23.9 Å². The third-order valence-electron chi connectivity index (χ3n) is 2.88. The van der Waals surface area contributed by atoms with Gasteiger partial charge in [-0.05, 0) is 38.1 Å². The van der Waals surface area contributed by atoms with Crippen LogP contribution in [0.4, 0.5) is 0 Å². The number of nitrogens with one attached hydrogen (secondary N) is 1. The van der Waals surface area contributed by atoms with Gasteiger partial charge in [-0.2, -0.15) is 5.10 Å². The highest BCUT2D eigenvalue weighted by molar-refractivity contribution is 6.31. The normalized spacial score (nSPS) is 10.7. The van der Waals surface area contributed by atoms with E-state index >= 15 is 0 Å². The second-order valence-electron chi connectivity index (χ2n) is 4.06. The highest BCUT2D eigenvalue weighted by Crippen LogP contribution is 2.34. The van der Waals surface area contributed by atoms with E-state index in [9.17, 15) is 0 Å². The van der Waals surface area contributed by atoms with Crippen LogP contribution in [0.5, 0.6) is 5.75 Å². The van der Waals surface area contributed by atoms with E-state index in [0.717, 1.165) is 34.7 Å². The van der Waals surface area contributed by atoms with Crippen molar-refractivity contribution < 1.29 is 4.74 Å². The van der Waals surface area contributed by atoms with Crippen LogP contribution in [0.3, 0.4) is 0 Å². The summed E-state index contributed by atoms with van der Waals surface area (Å²) in [6, 6.07) is 5.50. The molecule has 1 aromatic carbocycles. The number of aromatic nitrogens is 2. The fourth-order valence-electron chi connectivity index (χ4n) is 1.99. The van der Waals surface area contributed by atoms with Crippen molar-refractivity contribution in [3.63, 3.8) is 0 Å². The molecular formula is C13H16ClN3O. The zero-order valence-corrected chi connectivity index (χ0v) is 11.2. The molecule has 0 aliphatic heterocycles. The molecule has 0 saturated heterocycles. The van der Waals surface area contributed by atoms with Crippen molar-refractivity contribution in [2.75, 3.05) is 13.7 Å². The van der Waals surface area contributed by atoms with Crippen molar-refractivity contribution in [3.8, 4) is 17.0 Å². The Morgan fingerprint density at radius 2 is 2.22 bits per heavy atom. The molecule has 0 aliphatic rings. The molecule has 0 amide bonds. The molecule has 96 valence electrons. The maximum Gasteiger partial charge on any atom is 0.128 e. The molecule has 1 heterocycles. The maximum atomic E-state index is 6.04. The summed E-state index contributed by atoms with van der Waals surface area (Å²) >= 11 is 6.04. The van der Waals surface area contributed by atoms with E-state index in [4.69, 9.17) is 22.1 Å². The number of hydrogen-bond donors (Lipinski definition) is 2. The average Bonchev–Trinajstić information content (AvgIpc) is 2.72. The van der Waals surface area contributed by atoms with Crippen molar-refractivity contribution in [2.45, 2.75) is 13.3 Å². The summed E-state index contributed by atoms with van der Waals surface area (Å²) < 4.78 is 5.35. The summed E-state index contributed by atoms with van der Waals surface area (Å²) in [5.41, 5.74) is 9.52. The number of nitrogens with two attached hydrogens (primary N) is 1. The quantitative estimate of drug-likeness (QED) is 0.893. The summed E-state index contributed by atoms with van der Waals surface area (Å²) in [6.45, 7) is 2.56. The fraction of sp³-hybridized carbons (Fsp3) is 0.308. The van der Waals surface area contributed by atoms with Gasteiger partial charge in [0.25, 0.3) is 0 Å². The monoisotopic (exact) mass is 265 g/mol. The zero-order valence-electron chi connectivity index (χ0n) is 10.5. The summed E-state index contributed by atoms with van der Waals surface area (Å²) in [4.78, 5) is 0. The number of rotatable bonds is 4. The number of hydrogen-bond acceptors (Lipinski definition) is 3. The van der Waals surface area contributed by atoms with Crippen LogP contribution >= 0.6 is 11.6 Å². The van der Waals surface area contributed by atoms with Gasteiger partial charge in [-0.25, -0.2) is 0 Å². The molecule has 2 rings (SSSR count). The molecule has 0 spiro atoms. The largest absolute Gasteiger partial charge is 0.496 e. The highest BCUT2D eigenvalue weighted by atomic mass is 35.5. The number of halogens is 1. The highest BCUT2D eigenvalue weighted by Gasteiger charge is 2.15. The van der Waals surface area contributed by atoms with Crippen LogP contribution in [0.25, 0.3) is 11.3 Å². The summed E-state index contributed by atoms with van der Waals surface area (Å²) in [5, 5.41) is 7.98. The minimum atomic E-state index is 0.580. The smallest absolute Gasteiger partial charge is 0.128 e. The molecule has 5 heteroatoms. The van der Waals surface area contributed by atoms with Gasteiger partial charge >= 0.3 is 0 Å². The van der Waals surface area contributed by atoms with Crippen molar-refractivity contribution in [1.82, 2.24) is 10.2 Å². The first kappa shape index (κ1) is 12.9. The minimum Gasteiger partial charge on any atom is -0.496 e. The Labute approximate surface area is 111 Å². The van der Waals surface area contributed by atoms with Crippen molar-refractivity contribution in [1.29, 1.82) is 0 Å². The molecule has 0 fully saturated rings. The molecular weight excluding hydrogens is 250 g/mol. The number of ether oxygens (including phenoxy) is 1. The topological polar surface area (TPSA) is 63.9 Å². The van der Waals surface area contributed by atoms with Gasteiger partial charge in [0, 0.05) is 21.8 Å². The third kappa shape index (κ3) is 2.35. The van der Waals surface area contributed by atoms with E-state index in [2.05, 4.69) is 10.2 Å². The van der Waals surface area contributed by atoms with Gasteiger partial charge in [-0.1, -0.05) is 11.6 Å². The van der Waals surface area contributed by atoms with Crippen molar-refractivity contribution in [3.05, 3.63) is 34.5 Å². The van der Waals surface area contributed by atoms with Gasteiger partial charge in [0.15, 0.2) is 0 Å².